The fraction of sp³-hybridized carbons (Fsp3) is 0.615. The maximum absolute atomic E-state index is 11.0. The van der Waals surface area contributed by atoms with E-state index in [1.807, 2.05) is 36.4 Å². The largest absolute Gasteiger partial charge is 0.507 e. The second-order valence-electron chi connectivity index (χ2n) is 16.2. The molecule has 0 aliphatic heterocycles. The predicted molar refractivity (Wildman–Crippen MR) is 253 cm³/mol. The first kappa shape index (κ1) is 50.2. The van der Waals surface area contributed by atoms with E-state index >= 15 is 0 Å². The van der Waals surface area contributed by atoms with Crippen molar-refractivity contribution in [3.05, 3.63) is 59.7 Å². The number of aliphatic imine (C=N–C) groups is 2. The van der Waals surface area contributed by atoms with Crippen molar-refractivity contribution in [2.24, 2.45) is 9.98 Å². The molecule has 0 amide bonds. The molecule has 60 heavy (non-hydrogen) atoms. The van der Waals surface area contributed by atoms with Crippen LogP contribution in [-0.2, 0) is 0 Å². The fourth-order valence-corrected chi connectivity index (χ4v) is 6.98. The van der Waals surface area contributed by atoms with Gasteiger partial charge in [0, 0.05) is 35.7 Å². The van der Waals surface area contributed by atoms with Crippen LogP contribution in [0, 0.1) is 0 Å². The zero-order chi connectivity index (χ0) is 42.9. The molecule has 3 aromatic carbocycles. The molecule has 0 aromatic heterocycles. The van der Waals surface area contributed by atoms with Crippen LogP contribution in [0.5, 0.6) is 34.5 Å². The number of ether oxygens (including phenoxy) is 4. The summed E-state index contributed by atoms with van der Waals surface area (Å²) in [6, 6.07) is 14.4. The average Bonchev–Trinajstić information content (AvgIpc) is 3.25. The van der Waals surface area contributed by atoms with Gasteiger partial charge in [-0.2, -0.15) is 0 Å². The van der Waals surface area contributed by atoms with Crippen LogP contribution < -0.4 is 18.9 Å². The lowest BCUT2D eigenvalue weighted by molar-refractivity contribution is 0.258. The van der Waals surface area contributed by atoms with Gasteiger partial charge in [0.2, 0.25) is 0 Å². The average molecular weight is 829 g/mol. The third-order valence-corrected chi connectivity index (χ3v) is 10.8. The molecule has 3 aromatic rings. The monoisotopic (exact) mass is 829 g/mol. The van der Waals surface area contributed by atoms with Crippen molar-refractivity contribution < 1.29 is 29.2 Å². The smallest absolute Gasteiger partial charge is 0.163 e. The highest BCUT2D eigenvalue weighted by Gasteiger charge is 2.11. The van der Waals surface area contributed by atoms with Crippen LogP contribution in [0.3, 0.4) is 0 Å². The number of hydrogen-bond donors (Lipinski definition) is 2. The molecular weight excluding hydrogens is 749 g/mol. The van der Waals surface area contributed by atoms with Crippen molar-refractivity contribution in [1.82, 2.24) is 0 Å². The highest BCUT2D eigenvalue weighted by molar-refractivity contribution is 5.92. The van der Waals surface area contributed by atoms with Crippen molar-refractivity contribution >= 4 is 23.8 Å². The van der Waals surface area contributed by atoms with Crippen molar-refractivity contribution in [3.8, 4) is 34.5 Å². The first-order chi connectivity index (χ1) is 29.5. The van der Waals surface area contributed by atoms with Crippen LogP contribution in [-0.4, -0.2) is 49.1 Å². The molecule has 0 fully saturated rings. The third kappa shape index (κ3) is 21.4. The Morgan fingerprint density at radius 2 is 0.650 bits per heavy atom. The highest BCUT2D eigenvalue weighted by Crippen LogP contribution is 2.35. The molecule has 0 bridgehead atoms. The van der Waals surface area contributed by atoms with Gasteiger partial charge in [-0.25, -0.2) is 0 Å². The minimum atomic E-state index is -0.0159. The number of nitrogens with zero attached hydrogens (tertiary/aromatic N) is 2. The Bertz CT molecular complexity index is 1500. The van der Waals surface area contributed by atoms with Crippen LogP contribution >= 0.6 is 0 Å². The second-order valence-corrected chi connectivity index (χ2v) is 16.2. The lowest BCUT2D eigenvalue weighted by Gasteiger charge is -2.14. The van der Waals surface area contributed by atoms with E-state index in [-0.39, 0.29) is 11.5 Å². The molecule has 0 atom stereocenters. The molecule has 334 valence electrons. The lowest BCUT2D eigenvalue weighted by Crippen LogP contribution is -2.02. The van der Waals surface area contributed by atoms with E-state index in [4.69, 9.17) is 18.9 Å². The minimum absolute atomic E-state index is 0.0159. The van der Waals surface area contributed by atoms with Crippen molar-refractivity contribution in [2.45, 2.75) is 182 Å². The van der Waals surface area contributed by atoms with E-state index in [2.05, 4.69) is 37.7 Å². The topological polar surface area (TPSA) is 102 Å². The van der Waals surface area contributed by atoms with Gasteiger partial charge in [-0.05, 0) is 62.1 Å². The quantitative estimate of drug-likeness (QED) is 0.0344. The molecule has 0 aliphatic carbocycles. The number of phenolic OH excluding ortho intramolecular Hbond substituents is 2. The molecule has 8 nitrogen and oxygen atoms in total. The van der Waals surface area contributed by atoms with Crippen LogP contribution in [0.25, 0.3) is 0 Å². The Labute approximate surface area is 364 Å². The van der Waals surface area contributed by atoms with Crippen LogP contribution in [0.4, 0.5) is 11.4 Å². The Morgan fingerprint density at radius 1 is 0.367 bits per heavy atom. The molecule has 3 rings (SSSR count). The summed E-state index contributed by atoms with van der Waals surface area (Å²) in [6.07, 6.45) is 31.8. The minimum Gasteiger partial charge on any atom is -0.507 e. The maximum Gasteiger partial charge on any atom is 0.163 e. The van der Waals surface area contributed by atoms with E-state index in [9.17, 15) is 10.2 Å². The molecule has 0 heterocycles. The summed E-state index contributed by atoms with van der Waals surface area (Å²) >= 11 is 0. The fourth-order valence-electron chi connectivity index (χ4n) is 6.98. The van der Waals surface area contributed by atoms with Gasteiger partial charge in [0.05, 0.1) is 37.8 Å². The highest BCUT2D eigenvalue weighted by atomic mass is 16.5. The van der Waals surface area contributed by atoms with Gasteiger partial charge in [-0.1, -0.05) is 156 Å². The molecule has 2 N–H and O–H groups in total. The SMILES string of the molecule is CCCCCCCCOc1ccc(N=Cc2cc(O)c(C=Nc3ccc(OCCCCCCCC)c(OCCCCCCCC)c3)cc2O)cc1OCCCCCCCC. The number of hydrogen-bond acceptors (Lipinski definition) is 8. The molecule has 8 heteroatoms. The standard InChI is InChI=1S/C52H80N2O6/c1-5-9-13-17-21-25-33-57-49-31-29-45(39-51(49)59-35-27-23-19-15-11-7-3)53-41-43-37-48(56)44(38-47(43)55)42-54-46-30-32-50(58-34-26-22-18-14-10-6-2)52(40-46)60-36-28-24-20-16-12-8-4/h29-32,37-42,55-56H,5-28,33-36H2,1-4H3. The van der Waals surface area contributed by atoms with Gasteiger partial charge in [-0.15, -0.1) is 0 Å². The first-order valence-electron chi connectivity index (χ1n) is 23.9. The Kier molecular flexibility index (Phi) is 27.2. The van der Waals surface area contributed by atoms with Gasteiger partial charge >= 0.3 is 0 Å². The van der Waals surface area contributed by atoms with Gasteiger partial charge in [0.25, 0.3) is 0 Å². The summed E-state index contributed by atoms with van der Waals surface area (Å²) in [5, 5.41) is 22.0. The van der Waals surface area contributed by atoms with Crippen LogP contribution in [0.2, 0.25) is 0 Å². The molecule has 0 unspecified atom stereocenters. The normalized spacial score (nSPS) is 11.5. The predicted octanol–water partition coefficient (Wildman–Crippen LogP) is 15.6. The van der Waals surface area contributed by atoms with Crippen molar-refractivity contribution in [2.75, 3.05) is 26.4 Å². The summed E-state index contributed by atoms with van der Waals surface area (Å²) in [5.74, 6) is 2.77. The third-order valence-electron chi connectivity index (χ3n) is 10.8. The van der Waals surface area contributed by atoms with Gasteiger partial charge in [0.15, 0.2) is 23.0 Å². The van der Waals surface area contributed by atoms with Crippen LogP contribution in [0.15, 0.2) is 58.5 Å². The Balaban J connectivity index is 1.68. The van der Waals surface area contributed by atoms with E-state index in [0.29, 0.717) is 60.4 Å². The molecule has 0 radical (unpaired) electrons. The number of phenols is 2. The van der Waals surface area contributed by atoms with Gasteiger partial charge < -0.3 is 29.2 Å². The van der Waals surface area contributed by atoms with Gasteiger partial charge in [-0.3, -0.25) is 9.98 Å². The van der Waals surface area contributed by atoms with Crippen molar-refractivity contribution in [3.63, 3.8) is 0 Å². The molecule has 0 spiro atoms. The summed E-state index contributed by atoms with van der Waals surface area (Å²) < 4.78 is 24.8. The molecule has 0 aliphatic rings. The Hall–Kier alpha value is -4.20. The molecule has 0 saturated heterocycles. The van der Waals surface area contributed by atoms with E-state index in [1.54, 1.807) is 12.4 Å². The maximum atomic E-state index is 11.0. The zero-order valence-electron chi connectivity index (χ0n) is 38.0. The van der Waals surface area contributed by atoms with E-state index in [1.165, 1.54) is 115 Å². The summed E-state index contributed by atoms with van der Waals surface area (Å²) in [5.41, 5.74) is 2.11. The second kappa shape index (κ2) is 32.6. The van der Waals surface area contributed by atoms with E-state index < -0.39 is 0 Å². The summed E-state index contributed by atoms with van der Waals surface area (Å²) in [7, 11) is 0. The first-order valence-corrected chi connectivity index (χ1v) is 23.9. The number of aromatic hydroxyl groups is 2. The van der Waals surface area contributed by atoms with Crippen molar-refractivity contribution in [1.29, 1.82) is 0 Å². The Morgan fingerprint density at radius 3 is 0.967 bits per heavy atom. The number of benzene rings is 3. The zero-order valence-corrected chi connectivity index (χ0v) is 38.0. The van der Waals surface area contributed by atoms with E-state index in [0.717, 1.165) is 62.9 Å². The summed E-state index contributed by atoms with van der Waals surface area (Å²) in [6.45, 7) is 11.5. The molecular formula is C52H80N2O6. The molecule has 0 saturated carbocycles. The van der Waals surface area contributed by atoms with Crippen LogP contribution in [0.1, 0.15) is 193 Å². The number of unbranched alkanes of at least 4 members (excludes halogenated alkanes) is 20. The summed E-state index contributed by atoms with van der Waals surface area (Å²) in [4.78, 5) is 9.28. The lowest BCUT2D eigenvalue weighted by atomic mass is 10.1. The van der Waals surface area contributed by atoms with Gasteiger partial charge in [0.1, 0.15) is 11.5 Å². The number of rotatable bonds is 36.